The standard InChI is InChI=1S/C14H30N2O/c1-5-17-11-14(4,10-15)16(13-6-7-13)9-8-12(2)3/h12-13H,5-11,15H2,1-4H3. The van der Waals surface area contributed by atoms with Crippen molar-refractivity contribution in [3.63, 3.8) is 0 Å². The summed E-state index contributed by atoms with van der Waals surface area (Å²) in [6.45, 7) is 12.2. The van der Waals surface area contributed by atoms with E-state index in [1.165, 1.54) is 19.3 Å². The van der Waals surface area contributed by atoms with Crippen LogP contribution in [-0.2, 0) is 4.74 Å². The minimum Gasteiger partial charge on any atom is -0.380 e. The fourth-order valence-corrected chi connectivity index (χ4v) is 2.26. The minimum absolute atomic E-state index is 0.0199. The maximum absolute atomic E-state index is 6.00. The van der Waals surface area contributed by atoms with Crippen LogP contribution in [0, 0.1) is 5.92 Å². The first-order valence-electron chi connectivity index (χ1n) is 7.08. The Morgan fingerprint density at radius 2 is 2.06 bits per heavy atom. The molecule has 0 saturated heterocycles. The van der Waals surface area contributed by atoms with Crippen LogP contribution in [0.5, 0.6) is 0 Å². The van der Waals surface area contributed by atoms with Gasteiger partial charge in [-0.05, 0) is 45.6 Å². The zero-order valence-corrected chi connectivity index (χ0v) is 12.0. The van der Waals surface area contributed by atoms with Crippen LogP contribution in [0.4, 0.5) is 0 Å². The van der Waals surface area contributed by atoms with Gasteiger partial charge in [-0.3, -0.25) is 4.90 Å². The zero-order chi connectivity index (χ0) is 12.9. The summed E-state index contributed by atoms with van der Waals surface area (Å²) in [5.74, 6) is 0.755. The van der Waals surface area contributed by atoms with Crippen molar-refractivity contribution in [2.75, 3.05) is 26.3 Å². The van der Waals surface area contributed by atoms with E-state index in [0.29, 0.717) is 6.54 Å². The molecule has 0 aliphatic heterocycles. The van der Waals surface area contributed by atoms with Gasteiger partial charge in [0.25, 0.3) is 0 Å². The number of hydrogen-bond donors (Lipinski definition) is 1. The van der Waals surface area contributed by atoms with Gasteiger partial charge >= 0.3 is 0 Å². The van der Waals surface area contributed by atoms with Crippen LogP contribution in [0.25, 0.3) is 0 Å². The fraction of sp³-hybridized carbons (Fsp3) is 1.00. The lowest BCUT2D eigenvalue weighted by Gasteiger charge is -2.41. The maximum Gasteiger partial charge on any atom is 0.0660 e. The molecular formula is C14H30N2O. The molecule has 1 aliphatic carbocycles. The van der Waals surface area contributed by atoms with E-state index >= 15 is 0 Å². The molecule has 1 fully saturated rings. The second-order valence-corrected chi connectivity index (χ2v) is 5.95. The summed E-state index contributed by atoms with van der Waals surface area (Å²) in [4.78, 5) is 2.60. The molecular weight excluding hydrogens is 212 g/mol. The molecule has 0 radical (unpaired) electrons. The third-order valence-corrected chi connectivity index (χ3v) is 3.69. The number of rotatable bonds is 9. The van der Waals surface area contributed by atoms with Crippen LogP contribution in [0.15, 0.2) is 0 Å². The summed E-state index contributed by atoms with van der Waals surface area (Å²) in [7, 11) is 0. The first kappa shape index (κ1) is 14.9. The second-order valence-electron chi connectivity index (χ2n) is 5.95. The predicted octanol–water partition coefficient (Wildman–Crippen LogP) is 2.25. The quantitative estimate of drug-likeness (QED) is 0.674. The number of nitrogens with zero attached hydrogens (tertiary/aromatic N) is 1. The van der Waals surface area contributed by atoms with Gasteiger partial charge in [-0.2, -0.15) is 0 Å². The van der Waals surface area contributed by atoms with Gasteiger partial charge in [0.1, 0.15) is 0 Å². The van der Waals surface area contributed by atoms with E-state index in [0.717, 1.165) is 31.7 Å². The number of ether oxygens (including phenoxy) is 1. The summed E-state index contributed by atoms with van der Waals surface area (Å²) in [5.41, 5.74) is 6.02. The molecule has 0 aromatic rings. The van der Waals surface area contributed by atoms with Gasteiger partial charge in [0.05, 0.1) is 12.1 Å². The molecule has 2 N–H and O–H groups in total. The van der Waals surface area contributed by atoms with Gasteiger partial charge < -0.3 is 10.5 Å². The molecule has 0 bridgehead atoms. The van der Waals surface area contributed by atoms with Crippen molar-refractivity contribution in [2.45, 2.75) is 58.5 Å². The van der Waals surface area contributed by atoms with Crippen LogP contribution in [-0.4, -0.2) is 42.8 Å². The monoisotopic (exact) mass is 242 g/mol. The third-order valence-electron chi connectivity index (χ3n) is 3.69. The first-order valence-corrected chi connectivity index (χ1v) is 7.08. The van der Waals surface area contributed by atoms with Gasteiger partial charge in [0.2, 0.25) is 0 Å². The van der Waals surface area contributed by atoms with Crippen LogP contribution in [0.3, 0.4) is 0 Å². The van der Waals surface area contributed by atoms with E-state index in [4.69, 9.17) is 10.5 Å². The molecule has 1 aliphatic rings. The van der Waals surface area contributed by atoms with Gasteiger partial charge in [-0.25, -0.2) is 0 Å². The summed E-state index contributed by atoms with van der Waals surface area (Å²) >= 11 is 0. The summed E-state index contributed by atoms with van der Waals surface area (Å²) in [5, 5.41) is 0. The Bertz CT molecular complexity index is 216. The van der Waals surface area contributed by atoms with E-state index in [2.05, 4.69) is 25.7 Å². The Morgan fingerprint density at radius 1 is 1.41 bits per heavy atom. The Labute approximate surface area is 107 Å². The van der Waals surface area contributed by atoms with Gasteiger partial charge in [-0.1, -0.05) is 13.8 Å². The first-order chi connectivity index (χ1) is 8.03. The Kier molecular flexibility index (Phi) is 5.90. The molecule has 17 heavy (non-hydrogen) atoms. The molecule has 1 unspecified atom stereocenters. The van der Waals surface area contributed by atoms with Crippen molar-refractivity contribution in [3.8, 4) is 0 Å². The molecule has 3 nitrogen and oxygen atoms in total. The van der Waals surface area contributed by atoms with E-state index < -0.39 is 0 Å². The van der Waals surface area contributed by atoms with E-state index in [1.54, 1.807) is 0 Å². The van der Waals surface area contributed by atoms with Crippen molar-refractivity contribution in [2.24, 2.45) is 11.7 Å². The van der Waals surface area contributed by atoms with Crippen molar-refractivity contribution < 1.29 is 4.74 Å². The molecule has 0 amide bonds. The van der Waals surface area contributed by atoms with Crippen LogP contribution in [0.2, 0.25) is 0 Å². The summed E-state index contributed by atoms with van der Waals surface area (Å²) < 4.78 is 5.63. The molecule has 3 heteroatoms. The molecule has 0 aromatic carbocycles. The second kappa shape index (κ2) is 6.72. The Balaban J connectivity index is 2.58. The lowest BCUT2D eigenvalue weighted by Crippen LogP contribution is -2.56. The molecule has 102 valence electrons. The van der Waals surface area contributed by atoms with Crippen molar-refractivity contribution in [1.82, 2.24) is 4.90 Å². The van der Waals surface area contributed by atoms with E-state index in [1.807, 2.05) is 6.92 Å². The highest BCUT2D eigenvalue weighted by Crippen LogP contribution is 2.33. The van der Waals surface area contributed by atoms with Gasteiger partial charge in [-0.15, -0.1) is 0 Å². The van der Waals surface area contributed by atoms with Crippen molar-refractivity contribution >= 4 is 0 Å². The van der Waals surface area contributed by atoms with E-state index in [9.17, 15) is 0 Å². The smallest absolute Gasteiger partial charge is 0.0660 e. The summed E-state index contributed by atoms with van der Waals surface area (Å²) in [6.07, 6.45) is 3.91. The van der Waals surface area contributed by atoms with Gasteiger partial charge in [0, 0.05) is 19.2 Å². The van der Waals surface area contributed by atoms with Crippen LogP contribution >= 0.6 is 0 Å². The SMILES string of the molecule is CCOCC(C)(CN)N(CCC(C)C)C1CC1. The highest BCUT2D eigenvalue weighted by molar-refractivity contribution is 4.96. The fourth-order valence-electron chi connectivity index (χ4n) is 2.26. The largest absolute Gasteiger partial charge is 0.380 e. The number of hydrogen-bond acceptors (Lipinski definition) is 3. The summed E-state index contributed by atoms with van der Waals surface area (Å²) in [6, 6.07) is 0.753. The lowest BCUT2D eigenvalue weighted by molar-refractivity contribution is 0.00315. The predicted molar refractivity (Wildman–Crippen MR) is 73.1 cm³/mol. The van der Waals surface area contributed by atoms with E-state index in [-0.39, 0.29) is 5.54 Å². The molecule has 1 rings (SSSR count). The highest BCUT2D eigenvalue weighted by atomic mass is 16.5. The Hall–Kier alpha value is -0.120. The van der Waals surface area contributed by atoms with Crippen LogP contribution < -0.4 is 5.73 Å². The minimum atomic E-state index is 0.0199. The molecule has 0 spiro atoms. The molecule has 1 atom stereocenters. The maximum atomic E-state index is 6.00. The van der Waals surface area contributed by atoms with Gasteiger partial charge in [0.15, 0.2) is 0 Å². The third kappa shape index (κ3) is 4.57. The van der Waals surface area contributed by atoms with Crippen molar-refractivity contribution in [1.29, 1.82) is 0 Å². The lowest BCUT2D eigenvalue weighted by atomic mass is 9.99. The normalized spacial score (nSPS) is 19.9. The topological polar surface area (TPSA) is 38.5 Å². The highest BCUT2D eigenvalue weighted by Gasteiger charge is 2.40. The average Bonchev–Trinajstić information content (AvgIpc) is 3.10. The van der Waals surface area contributed by atoms with Crippen molar-refractivity contribution in [3.05, 3.63) is 0 Å². The average molecular weight is 242 g/mol. The zero-order valence-electron chi connectivity index (χ0n) is 12.0. The molecule has 0 heterocycles. The number of nitrogens with two attached hydrogens (primary N) is 1. The molecule has 1 saturated carbocycles. The van der Waals surface area contributed by atoms with Crippen LogP contribution in [0.1, 0.15) is 47.0 Å². The Morgan fingerprint density at radius 3 is 2.47 bits per heavy atom. The molecule has 0 aromatic heterocycles.